The zero-order valence-corrected chi connectivity index (χ0v) is 16.7. The number of aliphatic imine (C=N–C) groups is 1. The maximum atomic E-state index is 12.6. The van der Waals surface area contributed by atoms with Crippen LogP contribution >= 0.6 is 0 Å². The number of H-pyrrole nitrogens is 1. The van der Waals surface area contributed by atoms with Gasteiger partial charge in [0.25, 0.3) is 5.91 Å². The van der Waals surface area contributed by atoms with Gasteiger partial charge in [0.15, 0.2) is 5.88 Å². The Kier molecular flexibility index (Phi) is 4.60. The van der Waals surface area contributed by atoms with Crippen molar-refractivity contribution in [3.8, 4) is 17.1 Å². The lowest BCUT2D eigenvalue weighted by molar-refractivity contribution is 0.101. The second-order valence-electron chi connectivity index (χ2n) is 6.32. The van der Waals surface area contributed by atoms with Gasteiger partial charge in [-0.1, -0.05) is 24.3 Å². The highest BCUT2D eigenvalue weighted by molar-refractivity contribution is 7.84. The molecule has 3 aromatic rings. The van der Waals surface area contributed by atoms with Crippen LogP contribution in [0.3, 0.4) is 0 Å². The average molecular weight is 412 g/mol. The molecule has 2 N–H and O–H groups in total. The van der Waals surface area contributed by atoms with Gasteiger partial charge < -0.3 is 10.1 Å². The van der Waals surface area contributed by atoms with Gasteiger partial charge in [-0.05, 0) is 29.8 Å². The molecular formula is C20H16N2O4S2. The molecular weight excluding hydrogens is 396 g/mol. The number of aromatic nitrogens is 1. The van der Waals surface area contributed by atoms with Gasteiger partial charge >= 0.3 is 0 Å². The monoisotopic (exact) mass is 412 g/mol. The van der Waals surface area contributed by atoms with Crippen molar-refractivity contribution >= 4 is 33.2 Å². The van der Waals surface area contributed by atoms with E-state index in [1.54, 1.807) is 61.0 Å². The van der Waals surface area contributed by atoms with E-state index in [1.165, 1.54) is 0 Å². The zero-order chi connectivity index (χ0) is 20.0. The van der Waals surface area contributed by atoms with E-state index in [-0.39, 0.29) is 5.88 Å². The highest BCUT2D eigenvalue weighted by Gasteiger charge is 2.33. The van der Waals surface area contributed by atoms with E-state index in [4.69, 9.17) is 0 Å². The van der Waals surface area contributed by atoms with Crippen LogP contribution in [0.2, 0.25) is 0 Å². The Bertz CT molecular complexity index is 1180. The minimum atomic E-state index is -1.11. The summed E-state index contributed by atoms with van der Waals surface area (Å²) in [5.41, 5.74) is 2.84. The molecule has 1 aliphatic heterocycles. The normalized spacial score (nSPS) is 15.2. The van der Waals surface area contributed by atoms with Crippen molar-refractivity contribution in [2.75, 3.05) is 12.5 Å². The molecule has 8 heteroatoms. The molecule has 0 saturated carbocycles. The molecule has 2 unspecified atom stereocenters. The zero-order valence-electron chi connectivity index (χ0n) is 15.1. The van der Waals surface area contributed by atoms with Crippen LogP contribution < -0.4 is 0 Å². The van der Waals surface area contributed by atoms with Crippen molar-refractivity contribution in [2.24, 2.45) is 4.99 Å². The molecule has 6 nitrogen and oxygen atoms in total. The van der Waals surface area contributed by atoms with Crippen LogP contribution in [0.15, 0.2) is 63.3 Å². The number of carbonyl (C=O) groups excluding carboxylic acids is 1. The molecule has 1 amide bonds. The van der Waals surface area contributed by atoms with Crippen LogP contribution in [0.4, 0.5) is 0 Å². The fourth-order valence-corrected chi connectivity index (χ4v) is 4.23. The molecule has 2 aromatic carbocycles. The number of hydrogen-bond donors (Lipinski definition) is 2. The van der Waals surface area contributed by atoms with Crippen molar-refractivity contribution in [2.45, 2.75) is 9.79 Å². The van der Waals surface area contributed by atoms with E-state index in [2.05, 4.69) is 9.98 Å². The highest BCUT2D eigenvalue weighted by atomic mass is 32.2. The highest BCUT2D eigenvalue weighted by Crippen LogP contribution is 2.38. The summed E-state index contributed by atoms with van der Waals surface area (Å²) in [7, 11) is -2.21. The number of nitrogens with zero attached hydrogens (tertiary/aromatic N) is 1. The summed E-state index contributed by atoms with van der Waals surface area (Å²) in [5, 5.41) is 10.5. The summed E-state index contributed by atoms with van der Waals surface area (Å²) in [4.78, 5) is 20.9. The quantitative estimate of drug-likeness (QED) is 0.688. The minimum absolute atomic E-state index is 0.138. The van der Waals surface area contributed by atoms with Gasteiger partial charge in [0, 0.05) is 49.5 Å². The van der Waals surface area contributed by atoms with Gasteiger partial charge in [-0.2, -0.15) is 0 Å². The molecule has 4 rings (SSSR count). The first kappa shape index (κ1) is 18.5. The van der Waals surface area contributed by atoms with Gasteiger partial charge in [0.1, 0.15) is 0 Å². The molecule has 0 bridgehead atoms. The molecule has 2 atom stereocenters. The maximum absolute atomic E-state index is 12.6. The Labute approximate surface area is 166 Å². The Hall–Kier alpha value is -2.84. The summed E-state index contributed by atoms with van der Waals surface area (Å²) in [6.07, 6.45) is 3.18. The lowest BCUT2D eigenvalue weighted by atomic mass is 10.0. The molecule has 0 fully saturated rings. The molecule has 0 aliphatic carbocycles. The molecule has 0 radical (unpaired) electrons. The van der Waals surface area contributed by atoms with E-state index in [9.17, 15) is 18.3 Å². The first-order chi connectivity index (χ1) is 13.4. The lowest BCUT2D eigenvalue weighted by Gasteiger charge is -2.03. The number of amides is 1. The summed E-state index contributed by atoms with van der Waals surface area (Å²) in [5.74, 6) is -0.580. The first-order valence-electron chi connectivity index (χ1n) is 8.33. The molecule has 1 aliphatic rings. The van der Waals surface area contributed by atoms with E-state index in [0.29, 0.717) is 43.5 Å². The van der Waals surface area contributed by atoms with Crippen molar-refractivity contribution in [1.29, 1.82) is 0 Å². The predicted molar refractivity (Wildman–Crippen MR) is 109 cm³/mol. The SMILES string of the molecule is CS(=O)c1ccc(C2=NC(=O)c3c(-c4ccc(S(C)=O)cc4)[nH]c(O)c32)cc1. The smallest absolute Gasteiger partial charge is 0.280 e. The Morgan fingerprint density at radius 2 is 1.32 bits per heavy atom. The number of carbonyl (C=O) groups is 1. The topological polar surface area (TPSA) is 99.6 Å². The third-order valence-electron chi connectivity index (χ3n) is 4.58. The molecule has 2 heterocycles. The number of nitrogens with one attached hydrogen (secondary N) is 1. The van der Waals surface area contributed by atoms with Crippen LogP contribution in [0.5, 0.6) is 5.88 Å². The van der Waals surface area contributed by atoms with Crippen LogP contribution in [-0.4, -0.2) is 42.6 Å². The molecule has 0 saturated heterocycles. The average Bonchev–Trinajstić information content (AvgIpc) is 3.20. The van der Waals surface area contributed by atoms with Gasteiger partial charge in [0.05, 0.1) is 22.5 Å². The predicted octanol–water partition coefficient (Wildman–Crippen LogP) is 2.85. The Balaban J connectivity index is 1.78. The number of aromatic hydroxyl groups is 1. The van der Waals surface area contributed by atoms with Crippen molar-refractivity contribution in [3.05, 3.63) is 65.2 Å². The number of fused-ring (bicyclic) bond motifs is 1. The number of benzene rings is 2. The van der Waals surface area contributed by atoms with Crippen LogP contribution in [0, 0.1) is 0 Å². The van der Waals surface area contributed by atoms with Crippen LogP contribution in [0.1, 0.15) is 21.5 Å². The van der Waals surface area contributed by atoms with Gasteiger partial charge in [-0.3, -0.25) is 13.2 Å². The second-order valence-corrected chi connectivity index (χ2v) is 9.08. The summed E-state index contributed by atoms with van der Waals surface area (Å²) >= 11 is 0. The largest absolute Gasteiger partial charge is 0.494 e. The third-order valence-corrected chi connectivity index (χ3v) is 6.45. The maximum Gasteiger partial charge on any atom is 0.280 e. The molecule has 0 spiro atoms. The van der Waals surface area contributed by atoms with Gasteiger partial charge in [-0.25, -0.2) is 4.99 Å². The number of aromatic amines is 1. The van der Waals surface area contributed by atoms with E-state index < -0.39 is 27.5 Å². The fraction of sp³-hybridized carbons (Fsp3) is 0.100. The Morgan fingerprint density at radius 1 is 0.821 bits per heavy atom. The first-order valence-corrected chi connectivity index (χ1v) is 11.4. The molecule has 142 valence electrons. The fourth-order valence-electron chi connectivity index (χ4n) is 3.19. The summed E-state index contributed by atoms with van der Waals surface area (Å²) < 4.78 is 23.1. The Morgan fingerprint density at radius 3 is 1.82 bits per heavy atom. The van der Waals surface area contributed by atoms with Crippen molar-refractivity contribution < 1.29 is 18.3 Å². The standard InChI is InChI=1S/C20H16N2O4S2/c1-27(25)13-7-3-11(4-8-13)17-15-16(20(24)21-17)18(22-19(15)23)12-5-9-14(10-6-12)28(2)26/h3-10,21,24H,1-2H3. The van der Waals surface area contributed by atoms with Gasteiger partial charge in [-0.15, -0.1) is 0 Å². The van der Waals surface area contributed by atoms with Crippen molar-refractivity contribution in [1.82, 2.24) is 4.98 Å². The summed E-state index contributed by atoms with van der Waals surface area (Å²) in [6.45, 7) is 0. The number of hydrogen-bond acceptors (Lipinski definition) is 4. The number of rotatable bonds is 4. The third kappa shape index (κ3) is 3.04. The lowest BCUT2D eigenvalue weighted by Crippen LogP contribution is -2.00. The van der Waals surface area contributed by atoms with E-state index >= 15 is 0 Å². The molecule has 1 aromatic heterocycles. The summed E-state index contributed by atoms with van der Waals surface area (Å²) in [6, 6.07) is 13.8. The minimum Gasteiger partial charge on any atom is -0.494 e. The molecule has 28 heavy (non-hydrogen) atoms. The van der Waals surface area contributed by atoms with Crippen molar-refractivity contribution in [3.63, 3.8) is 0 Å². The van der Waals surface area contributed by atoms with E-state index in [1.807, 2.05) is 0 Å². The van der Waals surface area contributed by atoms with Gasteiger partial charge in [0.2, 0.25) is 0 Å². The second kappa shape index (κ2) is 6.96. The van der Waals surface area contributed by atoms with Crippen LogP contribution in [-0.2, 0) is 21.6 Å². The van der Waals surface area contributed by atoms with Crippen LogP contribution in [0.25, 0.3) is 11.3 Å². The van der Waals surface area contributed by atoms with E-state index in [0.717, 1.165) is 0 Å².